The maximum atomic E-state index is 12.9. The Hall–Kier alpha value is -3.73. The van der Waals surface area contributed by atoms with Crippen molar-refractivity contribution in [2.24, 2.45) is 0 Å². The van der Waals surface area contributed by atoms with Gasteiger partial charge in [-0.15, -0.1) is 0 Å². The molecular formula is C24H19FN2O2. The van der Waals surface area contributed by atoms with E-state index in [9.17, 15) is 9.18 Å². The summed E-state index contributed by atoms with van der Waals surface area (Å²) in [6.45, 7) is 1.91. The number of nitrogens with one attached hydrogen (secondary N) is 1. The van der Waals surface area contributed by atoms with Gasteiger partial charge in [0.2, 0.25) is 0 Å². The first-order chi connectivity index (χ1) is 14.1. The van der Waals surface area contributed by atoms with Gasteiger partial charge in [0.1, 0.15) is 11.6 Å². The van der Waals surface area contributed by atoms with Gasteiger partial charge in [-0.25, -0.2) is 9.37 Å². The number of anilines is 1. The summed E-state index contributed by atoms with van der Waals surface area (Å²) in [6.07, 6.45) is 0. The quantitative estimate of drug-likeness (QED) is 0.502. The molecule has 5 heteroatoms. The maximum Gasteiger partial charge on any atom is 0.262 e. The van der Waals surface area contributed by atoms with Crippen LogP contribution in [0.5, 0.6) is 5.75 Å². The van der Waals surface area contributed by atoms with Crippen LogP contribution in [0.1, 0.15) is 5.56 Å². The third-order valence-corrected chi connectivity index (χ3v) is 4.49. The van der Waals surface area contributed by atoms with Crippen molar-refractivity contribution in [2.75, 3.05) is 11.9 Å². The molecule has 0 aliphatic heterocycles. The Kier molecular flexibility index (Phi) is 5.20. The van der Waals surface area contributed by atoms with Gasteiger partial charge in [-0.05, 0) is 61.5 Å². The van der Waals surface area contributed by atoms with Crippen LogP contribution in [-0.4, -0.2) is 17.5 Å². The molecule has 0 saturated carbocycles. The molecule has 0 radical (unpaired) electrons. The first-order valence-corrected chi connectivity index (χ1v) is 9.23. The molecule has 0 aliphatic rings. The predicted molar refractivity (Wildman–Crippen MR) is 112 cm³/mol. The van der Waals surface area contributed by atoms with Gasteiger partial charge in [-0.1, -0.05) is 29.8 Å². The van der Waals surface area contributed by atoms with Crippen LogP contribution in [-0.2, 0) is 4.79 Å². The highest BCUT2D eigenvalue weighted by atomic mass is 19.1. The summed E-state index contributed by atoms with van der Waals surface area (Å²) >= 11 is 0. The second-order valence-corrected chi connectivity index (χ2v) is 6.76. The van der Waals surface area contributed by atoms with Crippen molar-refractivity contribution in [1.82, 2.24) is 4.98 Å². The molecule has 1 N–H and O–H groups in total. The summed E-state index contributed by atoms with van der Waals surface area (Å²) < 4.78 is 18.2. The Balaban J connectivity index is 1.40. The molecule has 0 fully saturated rings. The lowest BCUT2D eigenvalue weighted by Crippen LogP contribution is -2.20. The van der Waals surface area contributed by atoms with E-state index in [1.807, 2.05) is 42.5 Å². The van der Waals surface area contributed by atoms with E-state index in [0.717, 1.165) is 22.2 Å². The fraction of sp³-hybridized carbons (Fsp3) is 0.0833. The average Bonchev–Trinajstić information content (AvgIpc) is 2.73. The molecule has 3 aromatic carbocycles. The van der Waals surface area contributed by atoms with Gasteiger partial charge in [0.05, 0.1) is 11.2 Å². The van der Waals surface area contributed by atoms with Crippen molar-refractivity contribution in [3.05, 3.63) is 90.2 Å². The summed E-state index contributed by atoms with van der Waals surface area (Å²) in [4.78, 5) is 16.8. The van der Waals surface area contributed by atoms with Crippen molar-refractivity contribution in [3.63, 3.8) is 0 Å². The van der Waals surface area contributed by atoms with Gasteiger partial charge in [0.15, 0.2) is 6.61 Å². The van der Waals surface area contributed by atoms with E-state index in [-0.39, 0.29) is 18.3 Å². The lowest BCUT2D eigenvalue weighted by Gasteiger charge is -2.09. The van der Waals surface area contributed by atoms with Crippen molar-refractivity contribution in [3.8, 4) is 17.0 Å². The van der Waals surface area contributed by atoms with Crippen molar-refractivity contribution < 1.29 is 13.9 Å². The number of ether oxygens (including phenoxy) is 1. The first-order valence-electron chi connectivity index (χ1n) is 9.23. The number of hydrogen-bond donors (Lipinski definition) is 1. The molecule has 29 heavy (non-hydrogen) atoms. The molecule has 4 aromatic rings. The zero-order valence-corrected chi connectivity index (χ0v) is 15.9. The van der Waals surface area contributed by atoms with Crippen LogP contribution in [0.25, 0.3) is 22.2 Å². The molecule has 4 nitrogen and oxygen atoms in total. The van der Waals surface area contributed by atoms with Crippen molar-refractivity contribution in [1.29, 1.82) is 0 Å². The fourth-order valence-corrected chi connectivity index (χ4v) is 3.01. The Morgan fingerprint density at radius 3 is 2.48 bits per heavy atom. The number of benzene rings is 3. The number of carbonyl (C=O) groups excluding carboxylic acids is 1. The van der Waals surface area contributed by atoms with E-state index < -0.39 is 0 Å². The molecule has 0 aliphatic carbocycles. The summed E-state index contributed by atoms with van der Waals surface area (Å²) in [5, 5.41) is 3.89. The van der Waals surface area contributed by atoms with Crippen LogP contribution in [0.2, 0.25) is 0 Å². The number of halogens is 1. The molecule has 1 heterocycles. The minimum Gasteiger partial charge on any atom is -0.484 e. The minimum absolute atomic E-state index is 0.154. The minimum atomic E-state index is -0.349. The molecule has 4 rings (SSSR count). The highest BCUT2D eigenvalue weighted by Gasteiger charge is 2.06. The third kappa shape index (κ3) is 4.58. The van der Waals surface area contributed by atoms with Crippen LogP contribution >= 0.6 is 0 Å². The smallest absolute Gasteiger partial charge is 0.262 e. The largest absolute Gasteiger partial charge is 0.484 e. The summed E-state index contributed by atoms with van der Waals surface area (Å²) in [5.41, 5.74) is 4.66. The van der Waals surface area contributed by atoms with Gasteiger partial charge < -0.3 is 10.1 Å². The number of carbonyl (C=O) groups is 1. The van der Waals surface area contributed by atoms with Gasteiger partial charge in [-0.3, -0.25) is 4.79 Å². The van der Waals surface area contributed by atoms with Crippen molar-refractivity contribution >= 4 is 22.5 Å². The number of rotatable bonds is 5. The predicted octanol–water partition coefficient (Wildman–Crippen LogP) is 5.37. The third-order valence-electron chi connectivity index (χ3n) is 4.49. The summed E-state index contributed by atoms with van der Waals surface area (Å²) in [6, 6.07) is 23.2. The lowest BCUT2D eigenvalue weighted by molar-refractivity contribution is -0.118. The van der Waals surface area contributed by atoms with E-state index in [1.165, 1.54) is 29.8 Å². The van der Waals surface area contributed by atoms with E-state index >= 15 is 0 Å². The Bertz CT molecular complexity index is 1160. The average molecular weight is 386 g/mol. The molecule has 1 aromatic heterocycles. The van der Waals surface area contributed by atoms with Crippen molar-refractivity contribution in [2.45, 2.75) is 6.92 Å². The maximum absolute atomic E-state index is 12.9. The number of amides is 1. The van der Waals surface area contributed by atoms with Crippen LogP contribution < -0.4 is 10.1 Å². The highest BCUT2D eigenvalue weighted by molar-refractivity contribution is 5.92. The SMILES string of the molecule is Cc1ccc2nc(-c3ccc(NC(=O)COc4ccc(F)cc4)cc3)ccc2c1. The van der Waals surface area contributed by atoms with Gasteiger partial charge >= 0.3 is 0 Å². The standard InChI is InChI=1S/C24H19FN2O2/c1-16-2-12-23-18(14-16)5-13-22(27-23)17-3-8-20(9-4-17)26-24(28)15-29-21-10-6-19(25)7-11-21/h2-14H,15H2,1H3,(H,26,28). The lowest BCUT2D eigenvalue weighted by atomic mass is 10.1. The monoisotopic (exact) mass is 386 g/mol. The van der Waals surface area contributed by atoms with Crippen LogP contribution in [0.3, 0.4) is 0 Å². The fourth-order valence-electron chi connectivity index (χ4n) is 3.01. The van der Waals surface area contributed by atoms with Gasteiger partial charge in [0, 0.05) is 16.6 Å². The highest BCUT2D eigenvalue weighted by Crippen LogP contribution is 2.23. The van der Waals surface area contributed by atoms with E-state index in [1.54, 1.807) is 0 Å². The van der Waals surface area contributed by atoms with Crippen LogP contribution in [0.15, 0.2) is 78.9 Å². The summed E-state index contributed by atoms with van der Waals surface area (Å²) in [5.74, 6) is -0.200. The molecule has 144 valence electrons. The molecule has 0 atom stereocenters. The van der Waals surface area contributed by atoms with Crippen LogP contribution in [0, 0.1) is 12.7 Å². The van der Waals surface area contributed by atoms with E-state index in [0.29, 0.717) is 11.4 Å². The Labute approximate surface area is 168 Å². The molecule has 0 saturated heterocycles. The normalized spacial score (nSPS) is 10.7. The number of fused-ring (bicyclic) bond motifs is 1. The number of pyridine rings is 1. The Morgan fingerprint density at radius 1 is 0.966 bits per heavy atom. The van der Waals surface area contributed by atoms with Crippen LogP contribution in [0.4, 0.5) is 10.1 Å². The number of nitrogens with zero attached hydrogens (tertiary/aromatic N) is 1. The molecule has 0 unspecified atom stereocenters. The zero-order valence-electron chi connectivity index (χ0n) is 15.9. The number of hydrogen-bond acceptors (Lipinski definition) is 3. The van der Waals surface area contributed by atoms with E-state index in [4.69, 9.17) is 9.72 Å². The zero-order chi connectivity index (χ0) is 20.2. The topological polar surface area (TPSA) is 51.2 Å². The van der Waals surface area contributed by atoms with Gasteiger partial charge in [-0.2, -0.15) is 0 Å². The second-order valence-electron chi connectivity index (χ2n) is 6.76. The second kappa shape index (κ2) is 8.10. The first kappa shape index (κ1) is 18.6. The number of aryl methyl sites for hydroxylation is 1. The Morgan fingerprint density at radius 2 is 1.72 bits per heavy atom. The van der Waals surface area contributed by atoms with Gasteiger partial charge in [0.25, 0.3) is 5.91 Å². The molecule has 0 spiro atoms. The summed E-state index contributed by atoms with van der Waals surface area (Å²) in [7, 11) is 0. The number of aromatic nitrogens is 1. The molecule has 1 amide bonds. The molecular weight excluding hydrogens is 367 g/mol. The molecule has 0 bridgehead atoms. The van der Waals surface area contributed by atoms with E-state index in [2.05, 4.69) is 24.4 Å².